The maximum absolute atomic E-state index is 13.5. The fraction of sp³-hybridized carbons (Fsp3) is 0.0588. The van der Waals surface area contributed by atoms with E-state index in [9.17, 15) is 13.6 Å². The van der Waals surface area contributed by atoms with Crippen LogP contribution in [0.15, 0.2) is 59.3 Å². The van der Waals surface area contributed by atoms with Gasteiger partial charge in [0, 0.05) is 12.7 Å². The summed E-state index contributed by atoms with van der Waals surface area (Å²) in [5, 5.41) is 2.47. The highest BCUT2D eigenvalue weighted by Crippen LogP contribution is 2.17. The van der Waals surface area contributed by atoms with Gasteiger partial charge in [0.05, 0.1) is 6.26 Å². The van der Waals surface area contributed by atoms with Crippen LogP contribution < -0.4 is 5.32 Å². The van der Waals surface area contributed by atoms with Crippen molar-refractivity contribution in [1.82, 2.24) is 10.3 Å². The fourth-order valence-electron chi connectivity index (χ4n) is 2.08. The third-order valence-corrected chi connectivity index (χ3v) is 3.24. The molecule has 2 heterocycles. The lowest BCUT2D eigenvalue weighted by atomic mass is 10.1. The Hall–Kier alpha value is -3.02. The number of nitrogens with one attached hydrogen (secondary N) is 1. The predicted octanol–water partition coefficient (Wildman–Crippen LogP) is 3.55. The number of furan rings is 1. The SMILES string of the molecule is O=C(NCc1ccc(-c2ccco2)nc1)c1c(F)cccc1F. The Labute approximate surface area is 130 Å². The van der Waals surface area contributed by atoms with Crippen molar-refractivity contribution in [2.24, 2.45) is 0 Å². The van der Waals surface area contributed by atoms with Crippen molar-refractivity contribution in [3.05, 3.63) is 77.7 Å². The van der Waals surface area contributed by atoms with Gasteiger partial charge in [-0.3, -0.25) is 9.78 Å². The van der Waals surface area contributed by atoms with E-state index >= 15 is 0 Å². The Bertz CT molecular complexity index is 795. The lowest BCUT2D eigenvalue weighted by Gasteiger charge is -2.07. The molecule has 2 aromatic heterocycles. The minimum absolute atomic E-state index is 0.109. The number of rotatable bonds is 4. The molecule has 0 saturated heterocycles. The number of aromatic nitrogens is 1. The summed E-state index contributed by atoms with van der Waals surface area (Å²) in [6.07, 6.45) is 3.12. The van der Waals surface area contributed by atoms with Crippen LogP contribution in [0, 0.1) is 11.6 Å². The second-order valence-corrected chi connectivity index (χ2v) is 4.81. The van der Waals surface area contributed by atoms with Crippen molar-refractivity contribution < 1.29 is 18.0 Å². The number of pyridine rings is 1. The number of amides is 1. The second-order valence-electron chi connectivity index (χ2n) is 4.81. The lowest BCUT2D eigenvalue weighted by Crippen LogP contribution is -2.25. The number of hydrogen-bond acceptors (Lipinski definition) is 3. The van der Waals surface area contributed by atoms with Gasteiger partial charge in [-0.05, 0) is 35.9 Å². The van der Waals surface area contributed by atoms with Gasteiger partial charge in [0.25, 0.3) is 5.91 Å². The van der Waals surface area contributed by atoms with E-state index in [2.05, 4.69) is 10.3 Å². The van der Waals surface area contributed by atoms with Crippen molar-refractivity contribution in [2.75, 3.05) is 0 Å². The van der Waals surface area contributed by atoms with Gasteiger partial charge < -0.3 is 9.73 Å². The highest BCUT2D eigenvalue weighted by molar-refractivity contribution is 5.94. The maximum Gasteiger partial charge on any atom is 0.257 e. The lowest BCUT2D eigenvalue weighted by molar-refractivity contribution is 0.0942. The van der Waals surface area contributed by atoms with Crippen molar-refractivity contribution >= 4 is 5.91 Å². The van der Waals surface area contributed by atoms with Gasteiger partial charge in [0.15, 0.2) is 5.76 Å². The summed E-state index contributed by atoms with van der Waals surface area (Å²) < 4.78 is 32.3. The van der Waals surface area contributed by atoms with E-state index in [0.29, 0.717) is 17.0 Å². The summed E-state index contributed by atoms with van der Waals surface area (Å²) in [6.45, 7) is 0.109. The minimum Gasteiger partial charge on any atom is -0.463 e. The molecule has 3 rings (SSSR count). The van der Waals surface area contributed by atoms with Crippen LogP contribution in [0.4, 0.5) is 8.78 Å². The largest absolute Gasteiger partial charge is 0.463 e. The first kappa shape index (κ1) is 14.9. The molecule has 1 N–H and O–H groups in total. The highest BCUT2D eigenvalue weighted by Gasteiger charge is 2.16. The van der Waals surface area contributed by atoms with Crippen molar-refractivity contribution in [1.29, 1.82) is 0 Å². The molecular weight excluding hydrogens is 302 g/mol. The zero-order valence-corrected chi connectivity index (χ0v) is 11.9. The average Bonchev–Trinajstić information content (AvgIpc) is 3.08. The van der Waals surface area contributed by atoms with E-state index in [-0.39, 0.29) is 6.54 Å². The van der Waals surface area contributed by atoms with Crippen LogP contribution in [-0.2, 0) is 6.54 Å². The van der Waals surface area contributed by atoms with E-state index in [1.54, 1.807) is 36.7 Å². The molecule has 23 heavy (non-hydrogen) atoms. The van der Waals surface area contributed by atoms with Crippen molar-refractivity contribution in [2.45, 2.75) is 6.54 Å². The second kappa shape index (κ2) is 6.39. The van der Waals surface area contributed by atoms with Crippen LogP contribution in [0.2, 0.25) is 0 Å². The molecule has 1 amide bonds. The fourth-order valence-corrected chi connectivity index (χ4v) is 2.08. The Balaban J connectivity index is 1.67. The first-order chi connectivity index (χ1) is 11.1. The molecule has 0 aliphatic rings. The van der Waals surface area contributed by atoms with Gasteiger partial charge in [-0.15, -0.1) is 0 Å². The Morgan fingerprint density at radius 1 is 1.09 bits per heavy atom. The summed E-state index contributed by atoms with van der Waals surface area (Å²) >= 11 is 0. The van der Waals surface area contributed by atoms with Crippen LogP contribution in [0.25, 0.3) is 11.5 Å². The molecule has 0 spiro atoms. The molecule has 0 aliphatic heterocycles. The molecule has 0 fully saturated rings. The van der Waals surface area contributed by atoms with Crippen LogP contribution in [-0.4, -0.2) is 10.9 Å². The Morgan fingerprint density at radius 3 is 2.48 bits per heavy atom. The molecule has 0 unspecified atom stereocenters. The molecule has 0 bridgehead atoms. The van der Waals surface area contributed by atoms with Gasteiger partial charge in [-0.25, -0.2) is 8.78 Å². The smallest absolute Gasteiger partial charge is 0.257 e. The average molecular weight is 314 g/mol. The normalized spacial score (nSPS) is 10.5. The van der Waals surface area contributed by atoms with Gasteiger partial charge in [-0.1, -0.05) is 12.1 Å². The van der Waals surface area contributed by atoms with E-state index in [1.807, 2.05) is 0 Å². The van der Waals surface area contributed by atoms with Crippen molar-refractivity contribution in [3.63, 3.8) is 0 Å². The number of carbonyl (C=O) groups excluding carboxylic acids is 1. The molecule has 0 atom stereocenters. The summed E-state index contributed by atoms with van der Waals surface area (Å²) in [5.74, 6) is -1.97. The van der Waals surface area contributed by atoms with E-state index in [1.165, 1.54) is 6.07 Å². The van der Waals surface area contributed by atoms with Gasteiger partial charge in [0.2, 0.25) is 0 Å². The minimum atomic E-state index is -0.895. The monoisotopic (exact) mass is 314 g/mol. The van der Waals surface area contributed by atoms with E-state index in [0.717, 1.165) is 12.1 Å². The van der Waals surface area contributed by atoms with Gasteiger partial charge in [-0.2, -0.15) is 0 Å². The molecule has 4 nitrogen and oxygen atoms in total. The van der Waals surface area contributed by atoms with E-state index in [4.69, 9.17) is 4.42 Å². The van der Waals surface area contributed by atoms with Crippen LogP contribution >= 0.6 is 0 Å². The first-order valence-electron chi connectivity index (χ1n) is 6.86. The van der Waals surface area contributed by atoms with Crippen LogP contribution in [0.3, 0.4) is 0 Å². The highest BCUT2D eigenvalue weighted by atomic mass is 19.1. The van der Waals surface area contributed by atoms with E-state index < -0.39 is 23.1 Å². The van der Waals surface area contributed by atoms with Crippen LogP contribution in [0.1, 0.15) is 15.9 Å². The number of nitrogens with zero attached hydrogens (tertiary/aromatic N) is 1. The molecule has 0 saturated carbocycles. The Morgan fingerprint density at radius 2 is 1.87 bits per heavy atom. The number of carbonyl (C=O) groups is 1. The molecular formula is C17H12F2N2O2. The standard InChI is InChI=1S/C17H12F2N2O2/c18-12-3-1-4-13(19)16(12)17(22)21-10-11-6-7-14(20-9-11)15-5-2-8-23-15/h1-9H,10H2,(H,21,22). The number of hydrogen-bond donors (Lipinski definition) is 1. The molecule has 116 valence electrons. The quantitative estimate of drug-likeness (QED) is 0.801. The number of benzene rings is 1. The third-order valence-electron chi connectivity index (χ3n) is 3.24. The molecule has 6 heteroatoms. The molecule has 0 aliphatic carbocycles. The summed E-state index contributed by atoms with van der Waals surface area (Å²) in [4.78, 5) is 16.1. The third kappa shape index (κ3) is 3.26. The number of halogens is 2. The molecule has 0 radical (unpaired) electrons. The zero-order valence-electron chi connectivity index (χ0n) is 11.9. The predicted molar refractivity (Wildman–Crippen MR) is 79.5 cm³/mol. The zero-order chi connectivity index (χ0) is 16.2. The topological polar surface area (TPSA) is 55.1 Å². The Kier molecular flexibility index (Phi) is 4.14. The maximum atomic E-state index is 13.5. The first-order valence-corrected chi connectivity index (χ1v) is 6.86. The van der Waals surface area contributed by atoms with Crippen molar-refractivity contribution in [3.8, 4) is 11.5 Å². The summed E-state index contributed by atoms with van der Waals surface area (Å²) in [6, 6.07) is 10.3. The summed E-state index contributed by atoms with van der Waals surface area (Å²) in [5.41, 5.74) is 0.767. The molecule has 3 aromatic rings. The summed E-state index contributed by atoms with van der Waals surface area (Å²) in [7, 11) is 0. The van der Waals surface area contributed by atoms with Crippen LogP contribution in [0.5, 0.6) is 0 Å². The molecule has 1 aromatic carbocycles. The van der Waals surface area contributed by atoms with Gasteiger partial charge >= 0.3 is 0 Å². The van der Waals surface area contributed by atoms with Gasteiger partial charge in [0.1, 0.15) is 22.9 Å².